The maximum Gasteiger partial charge on any atom is 0.329 e. The second kappa shape index (κ2) is 6.80. The third kappa shape index (κ3) is 4.08. The van der Waals surface area contributed by atoms with Crippen molar-refractivity contribution in [3.05, 3.63) is 12.7 Å². The molecule has 1 N–H and O–H groups in total. The van der Waals surface area contributed by atoms with Gasteiger partial charge < -0.3 is 14.7 Å². The molecule has 2 heterocycles. The molecule has 2 aliphatic rings. The van der Waals surface area contributed by atoms with Gasteiger partial charge in [0, 0.05) is 11.8 Å². The van der Waals surface area contributed by atoms with Crippen LogP contribution in [-0.2, 0) is 24.2 Å². The fourth-order valence-corrected chi connectivity index (χ4v) is 6.33. The largest absolute Gasteiger partial charge is 0.480 e. The van der Waals surface area contributed by atoms with Crippen molar-refractivity contribution in [1.29, 1.82) is 0 Å². The van der Waals surface area contributed by atoms with Crippen LogP contribution in [0.25, 0.3) is 0 Å². The van der Waals surface area contributed by atoms with Gasteiger partial charge in [-0.05, 0) is 0 Å². The third-order valence-corrected chi connectivity index (χ3v) is 6.42. The number of carbonyl (C=O) groups is 2. The second-order valence-corrected chi connectivity index (χ2v) is 8.28. The topological polar surface area (TPSA) is 113 Å². The normalized spacial score (nSPS) is 27.8. The van der Waals surface area contributed by atoms with Gasteiger partial charge in [0.05, 0.1) is 17.5 Å². The third-order valence-electron chi connectivity index (χ3n) is 3.17. The molecule has 0 radical (unpaired) electrons. The van der Waals surface area contributed by atoms with Crippen molar-refractivity contribution in [3.63, 3.8) is 0 Å². The molecule has 22 heavy (non-hydrogen) atoms. The number of thioether (sulfide) groups is 1. The lowest BCUT2D eigenvalue weighted by Crippen LogP contribution is -2.37. The maximum atomic E-state index is 11.7. The average Bonchev–Trinajstić information content (AvgIpc) is 2.83. The number of carbonyl (C=O) groups excluding carboxylic acids is 1. The SMILES string of the molecule is C=CCN1C(=NC(=O)COCC(=O)O)S[C@@H]2CS(=O)(=O)C[C@H]21. The first kappa shape index (κ1) is 17.0. The van der Waals surface area contributed by atoms with E-state index in [0.29, 0.717) is 11.7 Å². The Bertz CT molecular complexity index is 615. The number of amidine groups is 1. The van der Waals surface area contributed by atoms with Gasteiger partial charge in [-0.2, -0.15) is 4.99 Å². The van der Waals surface area contributed by atoms with Gasteiger partial charge in [0.25, 0.3) is 5.91 Å². The van der Waals surface area contributed by atoms with E-state index in [2.05, 4.69) is 16.3 Å². The van der Waals surface area contributed by atoms with Crippen LogP contribution < -0.4 is 0 Å². The highest BCUT2D eigenvalue weighted by molar-refractivity contribution is 8.15. The van der Waals surface area contributed by atoms with Crippen LogP contribution >= 0.6 is 11.8 Å². The first-order valence-corrected chi connectivity index (χ1v) is 9.18. The minimum Gasteiger partial charge on any atom is -0.480 e. The molecule has 2 rings (SSSR count). The van der Waals surface area contributed by atoms with Gasteiger partial charge >= 0.3 is 5.97 Å². The van der Waals surface area contributed by atoms with Crippen molar-refractivity contribution >= 4 is 38.6 Å². The first-order chi connectivity index (χ1) is 10.3. The van der Waals surface area contributed by atoms with Crippen LogP contribution in [0.1, 0.15) is 0 Å². The molecule has 0 aromatic carbocycles. The van der Waals surface area contributed by atoms with Crippen molar-refractivity contribution in [2.24, 2.45) is 4.99 Å². The van der Waals surface area contributed by atoms with E-state index in [1.54, 1.807) is 11.0 Å². The molecule has 0 unspecified atom stereocenters. The number of sulfone groups is 1. The zero-order valence-corrected chi connectivity index (χ0v) is 13.3. The summed E-state index contributed by atoms with van der Waals surface area (Å²) >= 11 is 1.26. The molecule has 10 heteroatoms. The molecule has 2 atom stereocenters. The molecule has 122 valence electrons. The number of carboxylic acid groups (broad SMARTS) is 1. The van der Waals surface area contributed by atoms with Gasteiger partial charge in [0.15, 0.2) is 15.0 Å². The number of ether oxygens (including phenoxy) is 1. The monoisotopic (exact) mass is 348 g/mol. The van der Waals surface area contributed by atoms with Crippen molar-refractivity contribution < 1.29 is 27.9 Å². The Hall–Kier alpha value is -1.39. The van der Waals surface area contributed by atoms with Crippen LogP contribution in [0.15, 0.2) is 17.6 Å². The summed E-state index contributed by atoms with van der Waals surface area (Å²) in [5.74, 6) is -1.65. The van der Waals surface area contributed by atoms with E-state index in [1.807, 2.05) is 0 Å². The Morgan fingerprint density at radius 3 is 2.82 bits per heavy atom. The molecular weight excluding hydrogens is 332 g/mol. The number of rotatable bonds is 6. The molecule has 2 fully saturated rings. The van der Waals surface area contributed by atoms with Gasteiger partial charge in [-0.15, -0.1) is 6.58 Å². The summed E-state index contributed by atoms with van der Waals surface area (Å²) in [6.45, 7) is 3.03. The predicted octanol–water partition coefficient (Wildman–Crippen LogP) is -0.629. The van der Waals surface area contributed by atoms with Gasteiger partial charge in [-0.1, -0.05) is 17.8 Å². The Kier molecular flexibility index (Phi) is 5.24. The van der Waals surface area contributed by atoms with Crippen LogP contribution in [0.5, 0.6) is 0 Å². The van der Waals surface area contributed by atoms with Gasteiger partial charge in [0.1, 0.15) is 13.2 Å². The fraction of sp³-hybridized carbons (Fsp3) is 0.583. The summed E-state index contributed by atoms with van der Waals surface area (Å²) in [6, 6.07) is -0.209. The number of aliphatic imine (C=N–C) groups is 1. The summed E-state index contributed by atoms with van der Waals surface area (Å²) < 4.78 is 28.0. The van der Waals surface area contributed by atoms with Gasteiger partial charge in [-0.25, -0.2) is 13.2 Å². The maximum absolute atomic E-state index is 11.7. The highest BCUT2D eigenvalue weighted by Gasteiger charge is 2.48. The molecular formula is C12H16N2O6S2. The number of hydrogen-bond acceptors (Lipinski definition) is 6. The average molecular weight is 348 g/mol. The van der Waals surface area contributed by atoms with Crippen LogP contribution in [0.2, 0.25) is 0 Å². The number of aliphatic carboxylic acids is 1. The van der Waals surface area contributed by atoms with Crippen molar-refractivity contribution in [2.75, 3.05) is 31.3 Å². The number of hydrogen-bond donors (Lipinski definition) is 1. The minimum atomic E-state index is -3.06. The summed E-state index contributed by atoms with van der Waals surface area (Å²) in [5.41, 5.74) is 0. The van der Waals surface area contributed by atoms with Crippen LogP contribution in [-0.4, -0.2) is 78.0 Å². The lowest BCUT2D eigenvalue weighted by molar-refractivity contribution is -0.143. The van der Waals surface area contributed by atoms with E-state index in [4.69, 9.17) is 5.11 Å². The van der Waals surface area contributed by atoms with Crippen molar-refractivity contribution in [3.8, 4) is 0 Å². The summed E-state index contributed by atoms with van der Waals surface area (Å²) in [6.07, 6.45) is 1.62. The molecule has 0 aromatic heterocycles. The molecule has 0 saturated carbocycles. The Labute approximate surface area is 132 Å². The molecule has 0 spiro atoms. The Balaban J connectivity index is 2.04. The Morgan fingerprint density at radius 2 is 2.18 bits per heavy atom. The van der Waals surface area contributed by atoms with E-state index in [1.165, 1.54) is 11.8 Å². The summed E-state index contributed by atoms with van der Waals surface area (Å²) in [5, 5.41) is 8.72. The second-order valence-electron chi connectivity index (χ2n) is 4.92. The molecule has 0 aliphatic carbocycles. The van der Waals surface area contributed by atoms with Crippen LogP contribution in [0.4, 0.5) is 0 Å². The molecule has 0 bridgehead atoms. The standard InChI is InChI=1S/C12H16N2O6S2/c1-2-3-14-8-6-22(18,19)7-9(8)21-12(14)13-10(15)4-20-5-11(16)17/h2,8-9H,1,3-7H2,(H,16,17)/t8-,9-/m1/s1. The van der Waals surface area contributed by atoms with Gasteiger partial charge in [0.2, 0.25) is 0 Å². The first-order valence-electron chi connectivity index (χ1n) is 6.48. The Morgan fingerprint density at radius 1 is 1.45 bits per heavy atom. The number of nitrogens with zero attached hydrogens (tertiary/aromatic N) is 2. The summed E-state index contributed by atoms with van der Waals surface area (Å²) in [4.78, 5) is 27.7. The fourth-order valence-electron chi connectivity index (χ4n) is 2.35. The van der Waals surface area contributed by atoms with Crippen molar-refractivity contribution in [2.45, 2.75) is 11.3 Å². The number of carboxylic acids is 1. The van der Waals surface area contributed by atoms with Crippen molar-refractivity contribution in [1.82, 2.24) is 4.90 Å². The van der Waals surface area contributed by atoms with Gasteiger partial charge in [-0.3, -0.25) is 4.79 Å². The zero-order chi connectivity index (χ0) is 16.3. The van der Waals surface area contributed by atoms with Crippen LogP contribution in [0, 0.1) is 0 Å². The molecule has 0 aromatic rings. The smallest absolute Gasteiger partial charge is 0.329 e. The number of fused-ring (bicyclic) bond motifs is 1. The summed E-state index contributed by atoms with van der Waals surface area (Å²) in [7, 11) is -3.06. The zero-order valence-electron chi connectivity index (χ0n) is 11.7. The number of amides is 1. The molecule has 2 aliphatic heterocycles. The predicted molar refractivity (Wildman–Crippen MR) is 81.6 cm³/mol. The minimum absolute atomic E-state index is 0.0429. The van der Waals surface area contributed by atoms with E-state index in [9.17, 15) is 18.0 Å². The van der Waals surface area contributed by atoms with E-state index >= 15 is 0 Å². The van der Waals surface area contributed by atoms with Crippen LogP contribution in [0.3, 0.4) is 0 Å². The molecule has 2 saturated heterocycles. The lowest BCUT2D eigenvalue weighted by Gasteiger charge is -2.22. The van der Waals surface area contributed by atoms with E-state index < -0.39 is 34.9 Å². The lowest BCUT2D eigenvalue weighted by atomic mass is 10.2. The highest BCUT2D eigenvalue weighted by Crippen LogP contribution is 2.37. The quantitative estimate of drug-likeness (QED) is 0.631. The molecule has 8 nitrogen and oxygen atoms in total. The highest BCUT2D eigenvalue weighted by atomic mass is 32.2. The van der Waals surface area contributed by atoms with E-state index in [-0.39, 0.29) is 22.8 Å². The molecule has 1 amide bonds. The van der Waals surface area contributed by atoms with E-state index in [0.717, 1.165) is 0 Å².